The normalized spacial score (nSPS) is 14.0. The highest BCUT2D eigenvalue weighted by Crippen LogP contribution is 2.32. The number of nitrogens with zero attached hydrogens (tertiary/aromatic N) is 3. The van der Waals surface area contributed by atoms with E-state index in [0.29, 0.717) is 43.1 Å². The van der Waals surface area contributed by atoms with Crippen LogP contribution in [0, 0.1) is 0 Å². The first-order valence-electron chi connectivity index (χ1n) is 11.8. The molecule has 0 radical (unpaired) electrons. The molecule has 3 heterocycles. The Balaban J connectivity index is 1.13. The summed E-state index contributed by atoms with van der Waals surface area (Å²) in [5.74, 6) is 2.09. The maximum absolute atomic E-state index is 12.8. The van der Waals surface area contributed by atoms with E-state index in [9.17, 15) is 9.59 Å². The van der Waals surface area contributed by atoms with Crippen molar-refractivity contribution in [3.63, 3.8) is 0 Å². The van der Waals surface area contributed by atoms with Crippen molar-refractivity contribution >= 4 is 17.6 Å². The number of rotatable bonds is 6. The van der Waals surface area contributed by atoms with Gasteiger partial charge in [-0.3, -0.25) is 14.5 Å². The summed E-state index contributed by atoms with van der Waals surface area (Å²) in [6.45, 7) is 1.59. The standard InChI is InChI=1S/C28H24N4O4/c33-27-12-13-32-26(15-23(30-32)21-4-2-1-3-5-21)31(27)17-19-6-9-22(10-7-19)28(34)29-16-20-8-11-24-25(14-20)36-18-35-24/h1-11,14-15H,12-13,16-18H2,(H,29,34). The summed E-state index contributed by atoms with van der Waals surface area (Å²) < 4.78 is 12.6. The molecule has 0 fully saturated rings. The third-order valence-corrected chi connectivity index (χ3v) is 6.39. The third kappa shape index (κ3) is 4.29. The van der Waals surface area contributed by atoms with E-state index < -0.39 is 0 Å². The third-order valence-electron chi connectivity index (χ3n) is 6.39. The monoisotopic (exact) mass is 480 g/mol. The minimum Gasteiger partial charge on any atom is -0.454 e. The van der Waals surface area contributed by atoms with E-state index in [2.05, 4.69) is 5.32 Å². The van der Waals surface area contributed by atoms with Gasteiger partial charge in [-0.25, -0.2) is 4.68 Å². The second-order valence-corrected chi connectivity index (χ2v) is 8.77. The van der Waals surface area contributed by atoms with Gasteiger partial charge in [0, 0.05) is 30.2 Å². The number of ether oxygens (including phenoxy) is 2. The topological polar surface area (TPSA) is 85.7 Å². The fraction of sp³-hybridized carbons (Fsp3) is 0.179. The van der Waals surface area contributed by atoms with Gasteiger partial charge in [0.05, 0.1) is 18.8 Å². The molecule has 0 bridgehead atoms. The van der Waals surface area contributed by atoms with Crippen molar-refractivity contribution in [3.05, 3.63) is 95.6 Å². The van der Waals surface area contributed by atoms with Gasteiger partial charge in [0.15, 0.2) is 11.5 Å². The second kappa shape index (κ2) is 9.22. The molecule has 1 aromatic heterocycles. The first-order chi connectivity index (χ1) is 17.6. The molecule has 0 unspecified atom stereocenters. The van der Waals surface area contributed by atoms with E-state index in [0.717, 1.165) is 28.2 Å². The van der Waals surface area contributed by atoms with Gasteiger partial charge in [-0.1, -0.05) is 48.5 Å². The lowest BCUT2D eigenvalue weighted by molar-refractivity contribution is -0.119. The molecule has 1 N–H and O–H groups in total. The zero-order valence-corrected chi connectivity index (χ0v) is 19.5. The highest BCUT2D eigenvalue weighted by Gasteiger charge is 2.26. The van der Waals surface area contributed by atoms with Gasteiger partial charge in [-0.15, -0.1) is 0 Å². The Labute approximate surface area is 208 Å². The van der Waals surface area contributed by atoms with Crippen LogP contribution in [0.5, 0.6) is 11.5 Å². The summed E-state index contributed by atoms with van der Waals surface area (Å²) in [6, 6.07) is 24.9. The highest BCUT2D eigenvalue weighted by atomic mass is 16.7. The van der Waals surface area contributed by atoms with E-state index in [-0.39, 0.29) is 18.6 Å². The summed E-state index contributed by atoms with van der Waals surface area (Å²) >= 11 is 0. The molecule has 0 saturated heterocycles. The Morgan fingerprint density at radius 3 is 2.53 bits per heavy atom. The van der Waals surface area contributed by atoms with Crippen LogP contribution in [0.15, 0.2) is 78.9 Å². The highest BCUT2D eigenvalue weighted by molar-refractivity contribution is 5.95. The van der Waals surface area contributed by atoms with Gasteiger partial charge in [0.2, 0.25) is 12.7 Å². The molecule has 2 amide bonds. The molecule has 4 aromatic rings. The number of amides is 2. The summed E-state index contributed by atoms with van der Waals surface area (Å²) in [5.41, 5.74) is 4.29. The molecular weight excluding hydrogens is 456 g/mol. The van der Waals surface area contributed by atoms with Crippen molar-refractivity contribution in [2.75, 3.05) is 11.7 Å². The Morgan fingerprint density at radius 2 is 1.69 bits per heavy atom. The minimum atomic E-state index is -0.168. The first-order valence-corrected chi connectivity index (χ1v) is 11.8. The number of aryl methyl sites for hydroxylation is 1. The van der Waals surface area contributed by atoms with Gasteiger partial charge >= 0.3 is 0 Å². The Kier molecular flexibility index (Phi) is 5.61. The molecule has 2 aliphatic heterocycles. The zero-order valence-electron chi connectivity index (χ0n) is 19.5. The maximum Gasteiger partial charge on any atom is 0.251 e. The Bertz CT molecular complexity index is 1430. The molecule has 6 rings (SSSR count). The average molecular weight is 481 g/mol. The van der Waals surface area contributed by atoms with Crippen molar-refractivity contribution < 1.29 is 19.1 Å². The number of benzene rings is 3. The van der Waals surface area contributed by atoms with Crippen LogP contribution in [-0.2, 0) is 24.4 Å². The molecule has 2 aliphatic rings. The fourth-order valence-corrected chi connectivity index (χ4v) is 4.45. The lowest BCUT2D eigenvalue weighted by Gasteiger charge is -2.27. The van der Waals surface area contributed by atoms with E-state index in [1.807, 2.05) is 71.4 Å². The van der Waals surface area contributed by atoms with E-state index in [4.69, 9.17) is 14.6 Å². The van der Waals surface area contributed by atoms with Crippen LogP contribution in [0.2, 0.25) is 0 Å². The molecule has 3 aromatic carbocycles. The molecule has 36 heavy (non-hydrogen) atoms. The molecule has 8 nitrogen and oxygen atoms in total. The lowest BCUT2D eigenvalue weighted by atomic mass is 10.1. The second-order valence-electron chi connectivity index (χ2n) is 8.77. The smallest absolute Gasteiger partial charge is 0.251 e. The number of hydrogen-bond acceptors (Lipinski definition) is 5. The molecular formula is C28H24N4O4. The zero-order chi connectivity index (χ0) is 24.5. The van der Waals surface area contributed by atoms with E-state index in [1.54, 1.807) is 17.0 Å². The summed E-state index contributed by atoms with van der Waals surface area (Å²) in [7, 11) is 0. The van der Waals surface area contributed by atoms with Crippen molar-refractivity contribution in [1.82, 2.24) is 15.1 Å². The number of nitrogens with one attached hydrogen (secondary N) is 1. The molecule has 8 heteroatoms. The van der Waals surface area contributed by atoms with E-state index >= 15 is 0 Å². The van der Waals surface area contributed by atoms with Gasteiger partial charge in [-0.05, 0) is 35.4 Å². The van der Waals surface area contributed by atoms with Crippen LogP contribution in [0.1, 0.15) is 27.9 Å². The summed E-state index contributed by atoms with van der Waals surface area (Å²) in [4.78, 5) is 27.2. The lowest BCUT2D eigenvalue weighted by Crippen LogP contribution is -2.36. The Morgan fingerprint density at radius 1 is 0.917 bits per heavy atom. The van der Waals surface area contributed by atoms with Gasteiger partial charge < -0.3 is 14.8 Å². The quantitative estimate of drug-likeness (QED) is 0.448. The average Bonchev–Trinajstić information content (AvgIpc) is 3.57. The minimum absolute atomic E-state index is 0.0626. The molecule has 0 aliphatic carbocycles. The summed E-state index contributed by atoms with van der Waals surface area (Å²) in [5, 5.41) is 7.64. The van der Waals surface area contributed by atoms with Crippen LogP contribution >= 0.6 is 0 Å². The number of carbonyl (C=O) groups excluding carboxylic acids is 2. The maximum atomic E-state index is 12.8. The van der Waals surface area contributed by atoms with Crippen LogP contribution < -0.4 is 19.7 Å². The number of hydrogen-bond donors (Lipinski definition) is 1. The van der Waals surface area contributed by atoms with Gasteiger partial charge in [0.1, 0.15) is 5.82 Å². The number of fused-ring (bicyclic) bond motifs is 2. The SMILES string of the molecule is O=C(NCc1ccc2c(c1)OCO2)c1ccc(CN2C(=O)CCn3nc(-c4ccccc4)cc32)cc1. The van der Waals surface area contributed by atoms with Crippen LogP contribution in [-0.4, -0.2) is 28.4 Å². The predicted octanol–water partition coefficient (Wildman–Crippen LogP) is 4.15. The Hall–Kier alpha value is -4.59. The number of carbonyl (C=O) groups is 2. The first kappa shape index (κ1) is 21.9. The molecule has 0 spiro atoms. The molecule has 0 atom stereocenters. The van der Waals surface area contributed by atoms with Crippen molar-refractivity contribution in [2.45, 2.75) is 26.1 Å². The van der Waals surface area contributed by atoms with Crippen LogP contribution in [0.4, 0.5) is 5.82 Å². The fourth-order valence-electron chi connectivity index (χ4n) is 4.45. The van der Waals surface area contributed by atoms with Crippen molar-refractivity contribution in [2.24, 2.45) is 0 Å². The van der Waals surface area contributed by atoms with Gasteiger partial charge in [-0.2, -0.15) is 5.10 Å². The van der Waals surface area contributed by atoms with Crippen molar-refractivity contribution in [1.29, 1.82) is 0 Å². The van der Waals surface area contributed by atoms with Crippen LogP contribution in [0.25, 0.3) is 11.3 Å². The largest absolute Gasteiger partial charge is 0.454 e. The number of aromatic nitrogens is 2. The predicted molar refractivity (Wildman–Crippen MR) is 134 cm³/mol. The van der Waals surface area contributed by atoms with E-state index in [1.165, 1.54) is 0 Å². The van der Waals surface area contributed by atoms with Crippen LogP contribution in [0.3, 0.4) is 0 Å². The summed E-state index contributed by atoms with van der Waals surface area (Å²) in [6.07, 6.45) is 0.406. The number of anilines is 1. The van der Waals surface area contributed by atoms with Gasteiger partial charge in [0.25, 0.3) is 5.91 Å². The van der Waals surface area contributed by atoms with Crippen molar-refractivity contribution in [3.8, 4) is 22.8 Å². The molecule has 0 saturated carbocycles. The molecule has 180 valence electrons.